The van der Waals surface area contributed by atoms with Gasteiger partial charge in [-0.3, -0.25) is 9.59 Å². The first-order valence-corrected chi connectivity index (χ1v) is 10.1. The van der Waals surface area contributed by atoms with Crippen LogP contribution in [-0.2, 0) is 4.79 Å². The molecule has 29 heavy (non-hydrogen) atoms. The molecule has 0 aliphatic heterocycles. The van der Waals surface area contributed by atoms with Gasteiger partial charge in [-0.1, -0.05) is 30.3 Å². The molecular weight excluding hydrogens is 384 g/mol. The number of carbonyl (C=O) groups is 2. The van der Waals surface area contributed by atoms with Gasteiger partial charge >= 0.3 is 0 Å². The van der Waals surface area contributed by atoms with Gasteiger partial charge in [-0.25, -0.2) is 0 Å². The minimum Gasteiger partial charge on any atom is -0.495 e. The van der Waals surface area contributed by atoms with Crippen LogP contribution >= 0.6 is 11.8 Å². The number of hydrogen-bond donors (Lipinski definition) is 2. The van der Waals surface area contributed by atoms with Crippen molar-refractivity contribution in [3.63, 3.8) is 0 Å². The average molecular weight is 407 g/mol. The highest BCUT2D eigenvalue weighted by molar-refractivity contribution is 8.00. The van der Waals surface area contributed by atoms with E-state index in [9.17, 15) is 9.59 Å². The molecule has 0 radical (unpaired) electrons. The van der Waals surface area contributed by atoms with Crippen LogP contribution in [-0.4, -0.2) is 24.7 Å². The lowest BCUT2D eigenvalue weighted by molar-refractivity contribution is -0.113. The number of aryl methyl sites for hydroxylation is 1. The number of amides is 2. The molecule has 0 saturated carbocycles. The Morgan fingerprint density at radius 3 is 2.31 bits per heavy atom. The molecule has 0 aromatic heterocycles. The number of methoxy groups -OCH3 is 1. The normalized spacial score (nSPS) is 10.3. The van der Waals surface area contributed by atoms with Crippen LogP contribution in [0.15, 0.2) is 77.7 Å². The number of rotatable bonds is 7. The van der Waals surface area contributed by atoms with Crippen LogP contribution in [0.3, 0.4) is 0 Å². The topological polar surface area (TPSA) is 67.4 Å². The van der Waals surface area contributed by atoms with Crippen molar-refractivity contribution in [3.05, 3.63) is 83.9 Å². The van der Waals surface area contributed by atoms with E-state index in [0.717, 1.165) is 10.5 Å². The fourth-order valence-corrected chi connectivity index (χ4v) is 3.44. The van der Waals surface area contributed by atoms with Gasteiger partial charge in [0.2, 0.25) is 5.91 Å². The van der Waals surface area contributed by atoms with E-state index < -0.39 is 0 Å². The predicted octanol–water partition coefficient (Wildman–Crippen LogP) is 4.99. The molecular formula is C23H22N2O3S. The van der Waals surface area contributed by atoms with Gasteiger partial charge in [0.05, 0.1) is 18.6 Å². The molecule has 0 spiro atoms. The Hall–Kier alpha value is -3.25. The molecule has 5 nitrogen and oxygen atoms in total. The maximum atomic E-state index is 12.4. The van der Waals surface area contributed by atoms with Crippen LogP contribution in [0, 0.1) is 6.92 Å². The van der Waals surface area contributed by atoms with Gasteiger partial charge in [0, 0.05) is 16.1 Å². The number of thioether (sulfide) groups is 1. The molecule has 3 aromatic carbocycles. The molecule has 0 atom stereocenters. The van der Waals surface area contributed by atoms with Crippen LogP contribution in [0.2, 0.25) is 0 Å². The number of carbonyl (C=O) groups excluding carboxylic acids is 2. The summed E-state index contributed by atoms with van der Waals surface area (Å²) in [5.74, 6) is 0.642. The molecule has 148 valence electrons. The van der Waals surface area contributed by atoms with Crippen molar-refractivity contribution in [2.45, 2.75) is 11.8 Å². The maximum Gasteiger partial charge on any atom is 0.255 e. The lowest BCUT2D eigenvalue weighted by atomic mass is 10.1. The lowest BCUT2D eigenvalue weighted by Gasteiger charge is -2.10. The molecule has 6 heteroatoms. The van der Waals surface area contributed by atoms with E-state index in [1.165, 1.54) is 11.8 Å². The van der Waals surface area contributed by atoms with Gasteiger partial charge in [-0.2, -0.15) is 0 Å². The fraction of sp³-hybridized carbons (Fsp3) is 0.130. The molecule has 0 fully saturated rings. The van der Waals surface area contributed by atoms with Crippen molar-refractivity contribution in [2.75, 3.05) is 23.5 Å². The molecule has 0 aliphatic carbocycles. The van der Waals surface area contributed by atoms with Crippen LogP contribution < -0.4 is 15.4 Å². The van der Waals surface area contributed by atoms with Gasteiger partial charge in [0.1, 0.15) is 5.75 Å². The Labute approximate surface area is 174 Å². The zero-order valence-corrected chi connectivity index (χ0v) is 17.1. The van der Waals surface area contributed by atoms with Crippen LogP contribution in [0.5, 0.6) is 5.75 Å². The Balaban J connectivity index is 1.53. The number of hydrogen-bond acceptors (Lipinski definition) is 4. The molecule has 0 aliphatic rings. The Morgan fingerprint density at radius 2 is 1.59 bits per heavy atom. The minimum atomic E-state index is -0.139. The van der Waals surface area contributed by atoms with Crippen molar-refractivity contribution >= 4 is 35.0 Å². The highest BCUT2D eigenvalue weighted by Gasteiger charge is 2.10. The first kappa shape index (κ1) is 20.5. The smallest absolute Gasteiger partial charge is 0.255 e. The Bertz CT molecular complexity index is 1000. The molecule has 2 N–H and O–H groups in total. The van der Waals surface area contributed by atoms with E-state index in [0.29, 0.717) is 22.7 Å². The number of benzene rings is 3. The van der Waals surface area contributed by atoms with Crippen LogP contribution in [0.4, 0.5) is 11.4 Å². The molecule has 0 unspecified atom stereocenters. The summed E-state index contributed by atoms with van der Waals surface area (Å²) in [5, 5.41) is 5.75. The van der Waals surface area contributed by atoms with Gasteiger partial charge in [0.25, 0.3) is 5.91 Å². The van der Waals surface area contributed by atoms with Gasteiger partial charge in [-0.05, 0) is 55.0 Å². The fourth-order valence-electron chi connectivity index (χ4n) is 2.74. The first-order chi connectivity index (χ1) is 14.1. The van der Waals surface area contributed by atoms with E-state index in [2.05, 4.69) is 10.6 Å². The first-order valence-electron chi connectivity index (χ1n) is 9.09. The second kappa shape index (κ2) is 9.80. The highest BCUT2D eigenvalue weighted by atomic mass is 32.2. The van der Waals surface area contributed by atoms with Crippen molar-refractivity contribution in [2.24, 2.45) is 0 Å². The number of para-hydroxylation sites is 2. The van der Waals surface area contributed by atoms with Crippen molar-refractivity contribution in [3.8, 4) is 5.75 Å². The second-order valence-corrected chi connectivity index (χ2v) is 7.38. The SMILES string of the molecule is COc1ccccc1NC(=O)CSc1ccc(NC(=O)c2ccccc2C)cc1. The van der Waals surface area contributed by atoms with Gasteiger partial charge in [-0.15, -0.1) is 11.8 Å². The number of nitrogens with one attached hydrogen (secondary N) is 2. The summed E-state index contributed by atoms with van der Waals surface area (Å²) < 4.78 is 5.24. The molecule has 0 heterocycles. The molecule has 3 aromatic rings. The minimum absolute atomic E-state index is 0.114. The third-order valence-electron chi connectivity index (χ3n) is 4.25. The summed E-state index contributed by atoms with van der Waals surface area (Å²) >= 11 is 1.42. The molecule has 0 saturated heterocycles. The highest BCUT2D eigenvalue weighted by Crippen LogP contribution is 2.25. The monoisotopic (exact) mass is 406 g/mol. The van der Waals surface area contributed by atoms with E-state index >= 15 is 0 Å². The Kier molecular flexibility index (Phi) is 6.92. The van der Waals surface area contributed by atoms with Crippen LogP contribution in [0.25, 0.3) is 0 Å². The summed E-state index contributed by atoms with van der Waals surface area (Å²) in [6.45, 7) is 1.91. The zero-order chi connectivity index (χ0) is 20.6. The van der Waals surface area contributed by atoms with Crippen molar-refractivity contribution < 1.29 is 14.3 Å². The quantitative estimate of drug-likeness (QED) is 0.543. The third kappa shape index (κ3) is 5.62. The van der Waals surface area contributed by atoms with Crippen LogP contribution in [0.1, 0.15) is 15.9 Å². The Morgan fingerprint density at radius 1 is 0.897 bits per heavy atom. The second-order valence-electron chi connectivity index (χ2n) is 6.33. The summed E-state index contributed by atoms with van der Waals surface area (Å²) in [6.07, 6.45) is 0. The largest absolute Gasteiger partial charge is 0.495 e. The van der Waals surface area contributed by atoms with E-state index in [4.69, 9.17) is 4.74 Å². The molecule has 0 bridgehead atoms. The maximum absolute atomic E-state index is 12.4. The van der Waals surface area contributed by atoms with Gasteiger partial charge in [0.15, 0.2) is 0 Å². The van der Waals surface area contributed by atoms with E-state index in [-0.39, 0.29) is 17.6 Å². The number of anilines is 2. The van der Waals surface area contributed by atoms with Crippen molar-refractivity contribution in [1.29, 1.82) is 0 Å². The summed E-state index contributed by atoms with van der Waals surface area (Å²) in [7, 11) is 1.57. The van der Waals surface area contributed by atoms with Crippen molar-refractivity contribution in [1.82, 2.24) is 0 Å². The summed E-state index contributed by atoms with van der Waals surface area (Å²) in [5.41, 5.74) is 2.94. The van der Waals surface area contributed by atoms with Gasteiger partial charge < -0.3 is 15.4 Å². The standard InChI is InChI=1S/C23H22N2O3S/c1-16-7-3-4-8-19(16)23(27)24-17-11-13-18(14-12-17)29-15-22(26)25-20-9-5-6-10-21(20)28-2/h3-14H,15H2,1-2H3,(H,24,27)(H,25,26). The zero-order valence-electron chi connectivity index (χ0n) is 16.3. The third-order valence-corrected chi connectivity index (χ3v) is 5.26. The predicted molar refractivity (Wildman–Crippen MR) is 118 cm³/mol. The summed E-state index contributed by atoms with van der Waals surface area (Å²) in [4.78, 5) is 25.5. The molecule has 2 amide bonds. The lowest BCUT2D eigenvalue weighted by Crippen LogP contribution is -2.14. The number of ether oxygens (including phenoxy) is 1. The van der Waals surface area contributed by atoms with E-state index in [1.54, 1.807) is 25.3 Å². The average Bonchev–Trinajstić information content (AvgIpc) is 2.74. The summed E-state index contributed by atoms with van der Waals surface area (Å²) in [6, 6.07) is 22.2. The molecule has 3 rings (SSSR count). The van der Waals surface area contributed by atoms with E-state index in [1.807, 2.05) is 61.5 Å².